The van der Waals surface area contributed by atoms with E-state index in [2.05, 4.69) is 15.6 Å². The molecule has 0 saturated heterocycles. The lowest BCUT2D eigenvalue weighted by Crippen LogP contribution is -2.19. The number of carbonyl (C=O) groups excluding carboxylic acids is 1. The van der Waals surface area contributed by atoms with Crippen molar-refractivity contribution in [3.63, 3.8) is 0 Å². The highest BCUT2D eigenvalue weighted by Gasteiger charge is 2.12. The number of carbonyl (C=O) groups is 1. The minimum Gasteiger partial charge on any atom is -0.493 e. The summed E-state index contributed by atoms with van der Waals surface area (Å²) in [4.78, 5) is 16.7. The van der Waals surface area contributed by atoms with E-state index in [1.54, 1.807) is 26.5 Å². The summed E-state index contributed by atoms with van der Waals surface area (Å²) in [5.41, 5.74) is 1.85. The Morgan fingerprint density at radius 3 is 2.43 bits per heavy atom. The van der Waals surface area contributed by atoms with Crippen LogP contribution in [0.5, 0.6) is 11.5 Å². The number of anilines is 2. The number of hydrogen-bond acceptors (Lipinski definition) is 5. The van der Waals surface area contributed by atoms with Crippen LogP contribution in [0.1, 0.15) is 44.1 Å². The number of nitrogens with zero attached hydrogens (tertiary/aromatic N) is 1. The predicted octanol–water partition coefficient (Wildman–Crippen LogP) is 4.41. The van der Waals surface area contributed by atoms with Crippen LogP contribution in [0, 0.1) is 0 Å². The van der Waals surface area contributed by atoms with Crippen LogP contribution in [-0.4, -0.2) is 31.2 Å². The molecule has 2 aromatic rings. The first-order valence-electron chi connectivity index (χ1n) is 9.91. The molecule has 1 aromatic heterocycles. The summed E-state index contributed by atoms with van der Waals surface area (Å²) in [6.45, 7) is 0. The topological polar surface area (TPSA) is 72.5 Å². The zero-order valence-electron chi connectivity index (χ0n) is 16.7. The van der Waals surface area contributed by atoms with Crippen LogP contribution < -0.4 is 20.1 Å². The molecule has 3 rings (SSSR count). The summed E-state index contributed by atoms with van der Waals surface area (Å²) in [6, 6.07) is 9.80. The molecule has 1 aliphatic rings. The summed E-state index contributed by atoms with van der Waals surface area (Å²) in [7, 11) is 3.17. The third-order valence-corrected chi connectivity index (χ3v) is 5.07. The third kappa shape index (κ3) is 5.62. The van der Waals surface area contributed by atoms with Crippen LogP contribution in [-0.2, 0) is 11.2 Å². The lowest BCUT2D eigenvalue weighted by molar-refractivity contribution is -0.115. The second-order valence-corrected chi connectivity index (χ2v) is 7.18. The van der Waals surface area contributed by atoms with Gasteiger partial charge in [-0.2, -0.15) is 0 Å². The van der Waals surface area contributed by atoms with Crippen molar-refractivity contribution in [2.45, 2.75) is 51.0 Å². The summed E-state index contributed by atoms with van der Waals surface area (Å²) < 4.78 is 10.5. The zero-order valence-corrected chi connectivity index (χ0v) is 16.7. The number of hydrogen-bond donors (Lipinski definition) is 2. The quantitative estimate of drug-likeness (QED) is 0.693. The van der Waals surface area contributed by atoms with E-state index in [0.717, 1.165) is 11.3 Å². The van der Waals surface area contributed by atoms with E-state index in [4.69, 9.17) is 9.47 Å². The second kappa shape index (κ2) is 9.97. The van der Waals surface area contributed by atoms with Crippen molar-refractivity contribution in [1.82, 2.24) is 4.98 Å². The average molecular weight is 383 g/mol. The van der Waals surface area contributed by atoms with Gasteiger partial charge in [-0.1, -0.05) is 31.7 Å². The molecule has 1 fully saturated rings. The molecule has 6 nitrogen and oxygen atoms in total. The van der Waals surface area contributed by atoms with E-state index in [9.17, 15) is 4.79 Å². The first-order valence-corrected chi connectivity index (χ1v) is 9.91. The maximum atomic E-state index is 12.3. The highest BCUT2D eigenvalue weighted by molar-refractivity contribution is 5.91. The van der Waals surface area contributed by atoms with Gasteiger partial charge < -0.3 is 20.1 Å². The molecule has 6 heteroatoms. The van der Waals surface area contributed by atoms with Gasteiger partial charge >= 0.3 is 0 Å². The van der Waals surface area contributed by atoms with Crippen molar-refractivity contribution in [1.29, 1.82) is 0 Å². The summed E-state index contributed by atoms with van der Waals surface area (Å²) in [5, 5.41) is 6.41. The third-order valence-electron chi connectivity index (χ3n) is 5.07. The van der Waals surface area contributed by atoms with Crippen molar-refractivity contribution < 1.29 is 14.3 Å². The first kappa shape index (κ1) is 20.0. The molecule has 0 atom stereocenters. The number of benzene rings is 1. The molecule has 0 spiro atoms. The van der Waals surface area contributed by atoms with Gasteiger partial charge in [0.05, 0.1) is 32.5 Å². The molecule has 1 aromatic carbocycles. The molecule has 1 amide bonds. The van der Waals surface area contributed by atoms with Gasteiger partial charge in [0.1, 0.15) is 5.82 Å². The number of amides is 1. The van der Waals surface area contributed by atoms with E-state index in [1.807, 2.05) is 24.3 Å². The van der Waals surface area contributed by atoms with E-state index in [1.165, 1.54) is 38.5 Å². The zero-order chi connectivity index (χ0) is 19.8. The van der Waals surface area contributed by atoms with Gasteiger partial charge in [0, 0.05) is 6.04 Å². The van der Waals surface area contributed by atoms with Crippen molar-refractivity contribution in [3.8, 4) is 11.5 Å². The largest absolute Gasteiger partial charge is 0.493 e. The molecule has 1 saturated carbocycles. The Morgan fingerprint density at radius 2 is 1.79 bits per heavy atom. The van der Waals surface area contributed by atoms with E-state index >= 15 is 0 Å². The van der Waals surface area contributed by atoms with Crippen LogP contribution >= 0.6 is 0 Å². The van der Waals surface area contributed by atoms with E-state index in [0.29, 0.717) is 23.4 Å². The molecule has 0 radical (unpaired) electrons. The standard InChI is InChI=1S/C22H29N3O3/c1-27-19-11-9-16(13-20(19)28-2)14-22(26)25-21-12-10-18(15-23-21)24-17-7-5-3-4-6-8-17/h9-13,15,17,24H,3-8,14H2,1-2H3,(H,23,25,26). The summed E-state index contributed by atoms with van der Waals surface area (Å²) >= 11 is 0. The first-order chi connectivity index (χ1) is 13.7. The fourth-order valence-corrected chi connectivity index (χ4v) is 3.58. The fourth-order valence-electron chi connectivity index (χ4n) is 3.58. The van der Waals surface area contributed by atoms with Gasteiger partial charge in [0.15, 0.2) is 11.5 Å². The fraction of sp³-hybridized carbons (Fsp3) is 0.455. The number of aromatic nitrogens is 1. The Morgan fingerprint density at radius 1 is 1.04 bits per heavy atom. The monoisotopic (exact) mass is 383 g/mol. The summed E-state index contributed by atoms with van der Waals surface area (Å²) in [5.74, 6) is 1.69. The minimum atomic E-state index is -0.121. The molecule has 28 heavy (non-hydrogen) atoms. The van der Waals surface area contributed by atoms with Crippen LogP contribution in [0.2, 0.25) is 0 Å². The minimum absolute atomic E-state index is 0.121. The van der Waals surface area contributed by atoms with Crippen LogP contribution in [0.4, 0.5) is 11.5 Å². The van der Waals surface area contributed by atoms with Crippen LogP contribution in [0.15, 0.2) is 36.5 Å². The maximum absolute atomic E-state index is 12.3. The van der Waals surface area contributed by atoms with Crippen molar-refractivity contribution in [2.24, 2.45) is 0 Å². The molecule has 150 valence electrons. The van der Waals surface area contributed by atoms with E-state index in [-0.39, 0.29) is 12.3 Å². The number of nitrogens with one attached hydrogen (secondary N) is 2. The second-order valence-electron chi connectivity index (χ2n) is 7.18. The molecule has 2 N–H and O–H groups in total. The molecule has 0 aliphatic heterocycles. The molecular weight excluding hydrogens is 354 g/mol. The van der Waals surface area contributed by atoms with Crippen LogP contribution in [0.3, 0.4) is 0 Å². The maximum Gasteiger partial charge on any atom is 0.229 e. The predicted molar refractivity (Wildman–Crippen MR) is 111 cm³/mol. The van der Waals surface area contributed by atoms with Crippen molar-refractivity contribution in [3.05, 3.63) is 42.1 Å². The lowest BCUT2D eigenvalue weighted by Gasteiger charge is -2.17. The Labute approximate surface area is 166 Å². The average Bonchev–Trinajstić information content (AvgIpc) is 2.98. The van der Waals surface area contributed by atoms with Gasteiger partial charge in [-0.3, -0.25) is 4.79 Å². The smallest absolute Gasteiger partial charge is 0.229 e. The number of pyridine rings is 1. The highest BCUT2D eigenvalue weighted by atomic mass is 16.5. The van der Waals surface area contributed by atoms with Gasteiger partial charge in [-0.25, -0.2) is 4.98 Å². The summed E-state index contributed by atoms with van der Waals surface area (Å²) in [6.07, 6.45) is 9.70. The van der Waals surface area contributed by atoms with Gasteiger partial charge in [0.25, 0.3) is 0 Å². The number of rotatable bonds is 7. The number of methoxy groups -OCH3 is 2. The Balaban J connectivity index is 1.54. The SMILES string of the molecule is COc1ccc(CC(=O)Nc2ccc(NC3CCCCCC3)cn2)cc1OC. The van der Waals surface area contributed by atoms with Gasteiger partial charge in [-0.05, 0) is 42.7 Å². The van der Waals surface area contributed by atoms with Crippen molar-refractivity contribution in [2.75, 3.05) is 24.9 Å². The van der Waals surface area contributed by atoms with Gasteiger partial charge in [-0.15, -0.1) is 0 Å². The molecule has 1 aliphatic carbocycles. The Kier molecular flexibility index (Phi) is 7.12. The highest BCUT2D eigenvalue weighted by Crippen LogP contribution is 2.28. The van der Waals surface area contributed by atoms with Gasteiger partial charge in [0.2, 0.25) is 5.91 Å². The van der Waals surface area contributed by atoms with E-state index < -0.39 is 0 Å². The molecule has 0 bridgehead atoms. The molecule has 1 heterocycles. The number of ether oxygens (including phenoxy) is 2. The van der Waals surface area contributed by atoms with Crippen LogP contribution in [0.25, 0.3) is 0 Å². The van der Waals surface area contributed by atoms with Crippen molar-refractivity contribution >= 4 is 17.4 Å². The Hall–Kier alpha value is -2.76. The molecular formula is C22H29N3O3. The Bertz CT molecular complexity index is 769. The molecule has 0 unspecified atom stereocenters. The lowest BCUT2D eigenvalue weighted by atomic mass is 10.1. The normalized spacial score (nSPS) is 14.8.